The van der Waals surface area contributed by atoms with E-state index in [1.807, 2.05) is 4.90 Å². The zero-order chi connectivity index (χ0) is 12.4. The van der Waals surface area contributed by atoms with Crippen LogP contribution in [0.3, 0.4) is 0 Å². The Labute approximate surface area is 109 Å². The molecule has 0 spiro atoms. The van der Waals surface area contributed by atoms with Gasteiger partial charge in [-0.05, 0) is 32.1 Å². The van der Waals surface area contributed by atoms with Crippen molar-refractivity contribution < 1.29 is 9.53 Å². The van der Waals surface area contributed by atoms with Gasteiger partial charge in [-0.3, -0.25) is 4.79 Å². The van der Waals surface area contributed by atoms with Crippen LogP contribution in [-0.4, -0.2) is 48.7 Å². The summed E-state index contributed by atoms with van der Waals surface area (Å²) in [6.07, 6.45) is 9.19. The maximum absolute atomic E-state index is 12.1. The second-order valence-electron chi connectivity index (χ2n) is 5.89. The van der Waals surface area contributed by atoms with Gasteiger partial charge in [-0.25, -0.2) is 0 Å². The number of hydrogen-bond acceptors (Lipinski definition) is 3. The molecular formula is C14H24N2O2. The molecule has 0 saturated carbocycles. The first-order valence-electron chi connectivity index (χ1n) is 7.49. The third kappa shape index (κ3) is 2.69. The molecule has 4 heteroatoms. The lowest BCUT2D eigenvalue weighted by Crippen LogP contribution is -2.45. The van der Waals surface area contributed by atoms with E-state index in [1.54, 1.807) is 0 Å². The van der Waals surface area contributed by atoms with Crippen molar-refractivity contribution in [3.8, 4) is 0 Å². The molecule has 3 saturated heterocycles. The highest BCUT2D eigenvalue weighted by Crippen LogP contribution is 2.34. The molecule has 3 aliphatic rings. The van der Waals surface area contributed by atoms with E-state index < -0.39 is 0 Å². The molecule has 0 aliphatic carbocycles. The van der Waals surface area contributed by atoms with Gasteiger partial charge in [0.15, 0.2) is 0 Å². The summed E-state index contributed by atoms with van der Waals surface area (Å²) in [5.41, 5.74) is 0. The molecule has 0 aromatic rings. The maximum Gasteiger partial charge on any atom is 0.236 e. The number of hydrogen-bond donors (Lipinski definition) is 1. The first-order chi connectivity index (χ1) is 8.83. The van der Waals surface area contributed by atoms with Crippen LogP contribution in [0.15, 0.2) is 0 Å². The molecule has 1 amide bonds. The van der Waals surface area contributed by atoms with Gasteiger partial charge in [0, 0.05) is 19.1 Å². The van der Waals surface area contributed by atoms with Gasteiger partial charge in [0.25, 0.3) is 0 Å². The molecule has 3 fully saturated rings. The van der Waals surface area contributed by atoms with E-state index >= 15 is 0 Å². The number of likely N-dealkylation sites (tertiary alicyclic amines) is 1. The van der Waals surface area contributed by atoms with Crippen molar-refractivity contribution in [3.05, 3.63) is 0 Å². The highest BCUT2D eigenvalue weighted by molar-refractivity contribution is 5.78. The van der Waals surface area contributed by atoms with Crippen molar-refractivity contribution in [2.24, 2.45) is 0 Å². The molecule has 3 unspecified atom stereocenters. The zero-order valence-electron chi connectivity index (χ0n) is 11.1. The molecule has 102 valence electrons. The summed E-state index contributed by atoms with van der Waals surface area (Å²) in [6, 6.07) is 0.416. The fourth-order valence-corrected chi connectivity index (χ4v) is 3.50. The summed E-state index contributed by atoms with van der Waals surface area (Å²) in [4.78, 5) is 14.2. The first kappa shape index (κ1) is 12.4. The molecule has 18 heavy (non-hydrogen) atoms. The van der Waals surface area contributed by atoms with Crippen LogP contribution in [0, 0.1) is 0 Å². The summed E-state index contributed by atoms with van der Waals surface area (Å²) >= 11 is 0. The first-order valence-corrected chi connectivity index (χ1v) is 7.49. The Morgan fingerprint density at radius 3 is 2.56 bits per heavy atom. The van der Waals surface area contributed by atoms with Gasteiger partial charge < -0.3 is 15.0 Å². The number of nitrogens with one attached hydrogen (secondary N) is 1. The van der Waals surface area contributed by atoms with E-state index in [1.165, 1.54) is 38.5 Å². The van der Waals surface area contributed by atoms with Crippen LogP contribution in [0.25, 0.3) is 0 Å². The molecule has 0 aromatic heterocycles. The van der Waals surface area contributed by atoms with Crippen LogP contribution in [0.1, 0.15) is 44.9 Å². The van der Waals surface area contributed by atoms with Crippen molar-refractivity contribution in [2.45, 2.75) is 63.2 Å². The molecule has 3 atom stereocenters. The molecule has 3 aliphatic heterocycles. The molecule has 3 rings (SSSR count). The summed E-state index contributed by atoms with van der Waals surface area (Å²) in [7, 11) is 0. The Bertz CT molecular complexity index is 300. The minimum absolute atomic E-state index is 0.277. The summed E-state index contributed by atoms with van der Waals surface area (Å²) in [6.45, 7) is 2.40. The fraction of sp³-hybridized carbons (Fsp3) is 0.929. The van der Waals surface area contributed by atoms with Crippen LogP contribution >= 0.6 is 0 Å². The fourth-order valence-electron chi connectivity index (χ4n) is 3.50. The van der Waals surface area contributed by atoms with E-state index in [9.17, 15) is 4.79 Å². The third-order valence-corrected chi connectivity index (χ3v) is 4.58. The van der Waals surface area contributed by atoms with Crippen LogP contribution in [0.2, 0.25) is 0 Å². The molecule has 1 N–H and O–H groups in total. The average molecular weight is 252 g/mol. The van der Waals surface area contributed by atoms with Crippen molar-refractivity contribution >= 4 is 5.91 Å². The SMILES string of the molecule is O=C(CNC1CC2CCC1O2)N1CCCCCC1. The lowest BCUT2D eigenvalue weighted by Gasteiger charge is -2.24. The van der Waals surface area contributed by atoms with E-state index in [2.05, 4.69) is 5.32 Å². The van der Waals surface area contributed by atoms with Crippen molar-refractivity contribution in [2.75, 3.05) is 19.6 Å². The summed E-state index contributed by atoms with van der Waals surface area (Å²) in [5, 5.41) is 3.41. The Balaban J connectivity index is 1.43. The van der Waals surface area contributed by atoms with E-state index in [0.717, 1.165) is 19.5 Å². The van der Waals surface area contributed by atoms with Crippen molar-refractivity contribution in [1.29, 1.82) is 0 Å². The Morgan fingerprint density at radius 2 is 1.94 bits per heavy atom. The smallest absolute Gasteiger partial charge is 0.236 e. The predicted molar refractivity (Wildman–Crippen MR) is 69.4 cm³/mol. The van der Waals surface area contributed by atoms with E-state index in [-0.39, 0.29) is 5.91 Å². The van der Waals surface area contributed by atoms with Gasteiger partial charge in [0.1, 0.15) is 0 Å². The van der Waals surface area contributed by atoms with E-state index in [0.29, 0.717) is 24.8 Å². The third-order valence-electron chi connectivity index (χ3n) is 4.58. The normalized spacial score (nSPS) is 35.8. The van der Waals surface area contributed by atoms with Gasteiger partial charge in [0.05, 0.1) is 18.8 Å². The zero-order valence-corrected chi connectivity index (χ0v) is 11.1. The molecular weight excluding hydrogens is 228 g/mol. The summed E-state index contributed by atoms with van der Waals surface area (Å²) < 4.78 is 5.80. The minimum atomic E-state index is 0.277. The Morgan fingerprint density at radius 1 is 1.17 bits per heavy atom. The second kappa shape index (κ2) is 5.57. The number of carbonyl (C=O) groups excluding carboxylic acids is 1. The van der Waals surface area contributed by atoms with Gasteiger partial charge >= 0.3 is 0 Å². The van der Waals surface area contributed by atoms with Gasteiger partial charge in [-0.2, -0.15) is 0 Å². The highest BCUT2D eigenvalue weighted by atomic mass is 16.5. The topological polar surface area (TPSA) is 41.6 Å². The Hall–Kier alpha value is -0.610. The number of fused-ring (bicyclic) bond motifs is 2. The summed E-state index contributed by atoms with van der Waals surface area (Å²) in [5.74, 6) is 0.277. The number of amides is 1. The van der Waals surface area contributed by atoms with Crippen LogP contribution in [0.4, 0.5) is 0 Å². The van der Waals surface area contributed by atoms with Crippen LogP contribution < -0.4 is 5.32 Å². The lowest BCUT2D eigenvalue weighted by atomic mass is 9.95. The van der Waals surface area contributed by atoms with Gasteiger partial charge in [0.2, 0.25) is 5.91 Å². The molecule has 0 radical (unpaired) electrons. The lowest BCUT2D eigenvalue weighted by molar-refractivity contribution is -0.130. The standard InChI is InChI=1S/C14H24N2O2/c17-14(16-7-3-1-2-4-8-16)10-15-12-9-11-5-6-13(12)18-11/h11-13,15H,1-10H2. The minimum Gasteiger partial charge on any atom is -0.373 e. The molecule has 3 heterocycles. The van der Waals surface area contributed by atoms with Crippen molar-refractivity contribution in [1.82, 2.24) is 10.2 Å². The largest absolute Gasteiger partial charge is 0.373 e. The monoisotopic (exact) mass is 252 g/mol. The highest BCUT2D eigenvalue weighted by Gasteiger charge is 2.40. The number of carbonyl (C=O) groups is 1. The molecule has 4 nitrogen and oxygen atoms in total. The van der Waals surface area contributed by atoms with Crippen LogP contribution in [-0.2, 0) is 9.53 Å². The number of rotatable bonds is 3. The molecule has 0 aromatic carbocycles. The Kier molecular flexibility index (Phi) is 3.85. The number of ether oxygens (including phenoxy) is 1. The quantitative estimate of drug-likeness (QED) is 0.823. The maximum atomic E-state index is 12.1. The van der Waals surface area contributed by atoms with Crippen LogP contribution in [0.5, 0.6) is 0 Å². The van der Waals surface area contributed by atoms with Crippen molar-refractivity contribution in [3.63, 3.8) is 0 Å². The number of nitrogens with zero attached hydrogens (tertiary/aromatic N) is 1. The second-order valence-corrected chi connectivity index (χ2v) is 5.89. The van der Waals surface area contributed by atoms with Gasteiger partial charge in [-0.15, -0.1) is 0 Å². The van der Waals surface area contributed by atoms with Gasteiger partial charge in [-0.1, -0.05) is 12.8 Å². The molecule has 2 bridgehead atoms. The average Bonchev–Trinajstić information content (AvgIpc) is 2.89. The van der Waals surface area contributed by atoms with E-state index in [4.69, 9.17) is 4.74 Å². The predicted octanol–water partition coefficient (Wildman–Crippen LogP) is 1.30.